The third-order valence-corrected chi connectivity index (χ3v) is 5.11. The van der Waals surface area contributed by atoms with E-state index in [1.165, 1.54) is 0 Å². The maximum absolute atomic E-state index is 12.0. The highest BCUT2D eigenvalue weighted by Crippen LogP contribution is 2.38. The molecule has 0 aliphatic carbocycles. The van der Waals surface area contributed by atoms with Crippen LogP contribution >= 0.6 is 15.9 Å². The number of aliphatic carboxylic acids is 1. The summed E-state index contributed by atoms with van der Waals surface area (Å²) in [6.07, 6.45) is 1.16. The van der Waals surface area contributed by atoms with Crippen LogP contribution in [0, 0.1) is 5.92 Å². The van der Waals surface area contributed by atoms with Crippen molar-refractivity contribution in [3.05, 3.63) is 64.1 Å². The maximum Gasteiger partial charge on any atom is 0.314 e. The first-order valence-electron chi connectivity index (χ1n) is 8.59. The Balaban J connectivity index is 2.25. The fourth-order valence-electron chi connectivity index (χ4n) is 3.18. The molecule has 0 bridgehead atoms. The van der Waals surface area contributed by atoms with Crippen molar-refractivity contribution < 1.29 is 14.6 Å². The smallest absolute Gasteiger partial charge is 0.314 e. The SMILES string of the molecule is CCC(CC(C)C)(C(=O)O)c1ccc(OCc2ccccc2)c(Br)c1. The molecule has 1 atom stereocenters. The molecule has 0 saturated carbocycles. The van der Waals surface area contributed by atoms with E-state index in [-0.39, 0.29) is 0 Å². The van der Waals surface area contributed by atoms with Gasteiger partial charge in [-0.05, 0) is 57.9 Å². The molecular weight excluding hydrogens is 380 g/mol. The van der Waals surface area contributed by atoms with Crippen molar-refractivity contribution in [2.75, 3.05) is 0 Å². The van der Waals surface area contributed by atoms with Crippen LogP contribution in [-0.2, 0) is 16.8 Å². The molecule has 3 nitrogen and oxygen atoms in total. The summed E-state index contributed by atoms with van der Waals surface area (Å²) in [5.41, 5.74) is 1.04. The predicted octanol–water partition coefficient (Wildman–Crippen LogP) is 5.81. The van der Waals surface area contributed by atoms with E-state index in [1.54, 1.807) is 0 Å². The predicted molar refractivity (Wildman–Crippen MR) is 104 cm³/mol. The minimum Gasteiger partial charge on any atom is -0.488 e. The zero-order valence-electron chi connectivity index (χ0n) is 15.0. The summed E-state index contributed by atoms with van der Waals surface area (Å²) in [4.78, 5) is 12.0. The third kappa shape index (κ3) is 4.63. The first-order chi connectivity index (χ1) is 11.9. The zero-order valence-corrected chi connectivity index (χ0v) is 16.5. The van der Waals surface area contributed by atoms with E-state index < -0.39 is 11.4 Å². The molecule has 0 heterocycles. The highest BCUT2D eigenvalue weighted by molar-refractivity contribution is 9.10. The lowest BCUT2D eigenvalue weighted by atomic mass is 9.72. The van der Waals surface area contributed by atoms with Crippen LogP contribution in [0.1, 0.15) is 44.7 Å². The Hall–Kier alpha value is -1.81. The lowest BCUT2D eigenvalue weighted by molar-refractivity contribution is -0.144. The van der Waals surface area contributed by atoms with Crippen LogP contribution in [0.25, 0.3) is 0 Å². The molecular formula is C21H25BrO3. The molecule has 0 aliphatic heterocycles. The summed E-state index contributed by atoms with van der Waals surface area (Å²) in [6, 6.07) is 15.6. The molecule has 1 N–H and O–H groups in total. The molecule has 134 valence electrons. The topological polar surface area (TPSA) is 46.5 Å². The highest BCUT2D eigenvalue weighted by atomic mass is 79.9. The first kappa shape index (κ1) is 19.5. The van der Waals surface area contributed by atoms with E-state index in [0.29, 0.717) is 31.1 Å². The Kier molecular flexibility index (Phi) is 6.65. The molecule has 0 aromatic heterocycles. The molecule has 0 aliphatic rings. The number of rotatable bonds is 8. The summed E-state index contributed by atoms with van der Waals surface area (Å²) >= 11 is 3.54. The minimum absolute atomic E-state index is 0.295. The Morgan fingerprint density at radius 1 is 1.20 bits per heavy atom. The standard InChI is InChI=1S/C21H25BrO3/c1-4-21(20(23)24,13-15(2)3)17-10-11-19(18(22)12-17)25-14-16-8-6-5-7-9-16/h5-12,15H,4,13-14H2,1-3H3,(H,23,24). The normalized spacial score (nSPS) is 13.5. The van der Waals surface area contributed by atoms with Gasteiger partial charge >= 0.3 is 5.97 Å². The van der Waals surface area contributed by atoms with Crippen molar-refractivity contribution in [1.82, 2.24) is 0 Å². The van der Waals surface area contributed by atoms with E-state index in [0.717, 1.165) is 15.6 Å². The number of carboxylic acids is 1. The lowest BCUT2D eigenvalue weighted by Gasteiger charge is -2.31. The third-order valence-electron chi connectivity index (χ3n) is 4.49. The van der Waals surface area contributed by atoms with Gasteiger partial charge in [0.25, 0.3) is 0 Å². The number of benzene rings is 2. The summed E-state index contributed by atoms with van der Waals surface area (Å²) in [5, 5.41) is 9.89. The summed E-state index contributed by atoms with van der Waals surface area (Å²) in [7, 11) is 0. The van der Waals surface area contributed by atoms with Crippen molar-refractivity contribution in [2.45, 2.75) is 45.6 Å². The molecule has 0 fully saturated rings. The van der Waals surface area contributed by atoms with Crippen LogP contribution in [0.5, 0.6) is 5.75 Å². The maximum atomic E-state index is 12.0. The molecule has 0 spiro atoms. The van der Waals surface area contributed by atoms with Crippen LogP contribution in [-0.4, -0.2) is 11.1 Å². The van der Waals surface area contributed by atoms with E-state index in [2.05, 4.69) is 29.8 Å². The Morgan fingerprint density at radius 3 is 2.40 bits per heavy atom. The van der Waals surface area contributed by atoms with Gasteiger partial charge in [0.1, 0.15) is 12.4 Å². The summed E-state index contributed by atoms with van der Waals surface area (Å²) in [5.74, 6) is 0.241. The van der Waals surface area contributed by atoms with Crippen LogP contribution < -0.4 is 4.74 Å². The van der Waals surface area contributed by atoms with Crippen molar-refractivity contribution in [3.8, 4) is 5.75 Å². The zero-order chi connectivity index (χ0) is 18.4. The van der Waals surface area contributed by atoms with Crippen LogP contribution in [0.3, 0.4) is 0 Å². The van der Waals surface area contributed by atoms with Gasteiger partial charge in [-0.3, -0.25) is 4.79 Å². The molecule has 0 saturated heterocycles. The second-order valence-electron chi connectivity index (χ2n) is 6.76. The molecule has 2 aromatic rings. The van der Waals surface area contributed by atoms with Crippen molar-refractivity contribution in [1.29, 1.82) is 0 Å². The van der Waals surface area contributed by atoms with Crippen molar-refractivity contribution in [2.24, 2.45) is 5.92 Å². The number of halogens is 1. The van der Waals surface area contributed by atoms with Crippen LogP contribution in [0.15, 0.2) is 53.0 Å². The minimum atomic E-state index is -0.866. The van der Waals surface area contributed by atoms with Gasteiger partial charge in [0.2, 0.25) is 0 Å². The van der Waals surface area contributed by atoms with Crippen LogP contribution in [0.4, 0.5) is 0 Å². The van der Waals surface area contributed by atoms with Gasteiger partial charge in [-0.25, -0.2) is 0 Å². The van der Waals surface area contributed by atoms with Gasteiger partial charge in [0.15, 0.2) is 0 Å². The van der Waals surface area contributed by atoms with Gasteiger partial charge in [0, 0.05) is 0 Å². The number of carboxylic acid groups (broad SMARTS) is 1. The molecule has 2 rings (SSSR count). The van der Waals surface area contributed by atoms with Gasteiger partial charge in [0.05, 0.1) is 9.89 Å². The average molecular weight is 405 g/mol. The summed E-state index contributed by atoms with van der Waals surface area (Å²) < 4.78 is 6.65. The highest BCUT2D eigenvalue weighted by Gasteiger charge is 2.39. The van der Waals surface area contributed by atoms with E-state index in [9.17, 15) is 9.90 Å². The monoisotopic (exact) mass is 404 g/mol. The van der Waals surface area contributed by atoms with Crippen molar-refractivity contribution >= 4 is 21.9 Å². The van der Waals surface area contributed by atoms with Gasteiger partial charge in [-0.15, -0.1) is 0 Å². The molecule has 0 amide bonds. The Bertz CT molecular complexity index is 712. The molecule has 25 heavy (non-hydrogen) atoms. The number of carbonyl (C=O) groups is 1. The quantitative estimate of drug-likeness (QED) is 0.603. The second kappa shape index (κ2) is 8.52. The number of hydrogen-bond acceptors (Lipinski definition) is 2. The molecule has 4 heteroatoms. The van der Waals surface area contributed by atoms with E-state index in [1.807, 2.05) is 55.5 Å². The van der Waals surface area contributed by atoms with Gasteiger partial charge in [-0.1, -0.05) is 57.2 Å². The molecule has 0 radical (unpaired) electrons. The van der Waals surface area contributed by atoms with Gasteiger partial charge < -0.3 is 9.84 Å². The van der Waals surface area contributed by atoms with Gasteiger partial charge in [-0.2, -0.15) is 0 Å². The Morgan fingerprint density at radius 2 is 1.88 bits per heavy atom. The van der Waals surface area contributed by atoms with Crippen LogP contribution in [0.2, 0.25) is 0 Å². The van der Waals surface area contributed by atoms with E-state index >= 15 is 0 Å². The fraction of sp³-hybridized carbons (Fsp3) is 0.381. The average Bonchev–Trinajstić information content (AvgIpc) is 2.59. The fourth-order valence-corrected chi connectivity index (χ4v) is 3.67. The Labute approximate surface area is 158 Å². The summed E-state index contributed by atoms with van der Waals surface area (Å²) in [6.45, 7) is 6.52. The molecule has 1 unspecified atom stereocenters. The first-order valence-corrected chi connectivity index (χ1v) is 9.38. The largest absolute Gasteiger partial charge is 0.488 e. The number of hydrogen-bond donors (Lipinski definition) is 1. The molecule has 2 aromatic carbocycles. The lowest BCUT2D eigenvalue weighted by Crippen LogP contribution is -2.36. The van der Waals surface area contributed by atoms with E-state index in [4.69, 9.17) is 4.74 Å². The number of ether oxygens (including phenoxy) is 1. The van der Waals surface area contributed by atoms with Crippen molar-refractivity contribution in [3.63, 3.8) is 0 Å². The second-order valence-corrected chi connectivity index (χ2v) is 7.61.